The number of hydrogen-bond acceptors (Lipinski definition) is 3. The van der Waals surface area contributed by atoms with Gasteiger partial charge in [0.2, 0.25) is 0 Å². The minimum absolute atomic E-state index is 0.00232. The van der Waals surface area contributed by atoms with Gasteiger partial charge in [0.05, 0.1) is 5.60 Å². The molecule has 1 fully saturated rings. The van der Waals surface area contributed by atoms with Gasteiger partial charge in [-0.05, 0) is 25.0 Å². The van der Waals surface area contributed by atoms with Crippen molar-refractivity contribution in [3.63, 3.8) is 0 Å². The monoisotopic (exact) mass is 296 g/mol. The lowest BCUT2D eigenvalue weighted by molar-refractivity contribution is -0.0372. The molecule has 1 saturated heterocycles. The van der Waals surface area contributed by atoms with E-state index in [2.05, 4.69) is 56.3 Å². The highest BCUT2D eigenvalue weighted by Gasteiger charge is 2.34. The number of piperidine rings is 1. The second kappa shape index (κ2) is 8.61. The number of anilines is 1. The molecule has 1 atom stereocenters. The van der Waals surface area contributed by atoms with Crippen molar-refractivity contribution in [1.82, 2.24) is 4.67 Å². The van der Waals surface area contributed by atoms with Gasteiger partial charge in [-0.25, -0.2) is 0 Å². The van der Waals surface area contributed by atoms with Gasteiger partial charge in [-0.2, -0.15) is 0 Å². The van der Waals surface area contributed by atoms with Crippen molar-refractivity contribution in [3.8, 4) is 0 Å². The Kier molecular flexibility index (Phi) is 7.50. The van der Waals surface area contributed by atoms with E-state index in [1.54, 1.807) is 0 Å². The van der Waals surface area contributed by atoms with Crippen molar-refractivity contribution in [2.45, 2.75) is 32.3 Å². The summed E-state index contributed by atoms with van der Waals surface area (Å²) in [5.74, 6) is 0. The lowest BCUT2D eigenvalue weighted by Crippen LogP contribution is -2.49. The van der Waals surface area contributed by atoms with Gasteiger partial charge < -0.3 is 9.64 Å². The van der Waals surface area contributed by atoms with Gasteiger partial charge in [-0.15, -0.1) is 0 Å². The van der Waals surface area contributed by atoms with Crippen LogP contribution < -0.4 is 4.90 Å². The van der Waals surface area contributed by atoms with Crippen LogP contribution in [0.5, 0.6) is 0 Å². The first-order chi connectivity index (χ1) is 9.65. The summed E-state index contributed by atoms with van der Waals surface area (Å²) < 4.78 is 8.13. The quantitative estimate of drug-likeness (QED) is 0.792. The van der Waals surface area contributed by atoms with E-state index in [0.717, 1.165) is 32.5 Å². The average Bonchev–Trinajstić information content (AvgIpc) is 2.53. The van der Waals surface area contributed by atoms with Crippen molar-refractivity contribution < 1.29 is 4.74 Å². The molecule has 20 heavy (non-hydrogen) atoms. The fourth-order valence-corrected chi connectivity index (χ4v) is 2.82. The number of rotatable bonds is 4. The van der Waals surface area contributed by atoms with Crippen LogP contribution in [0.2, 0.25) is 0 Å². The van der Waals surface area contributed by atoms with Gasteiger partial charge in [0.25, 0.3) is 0 Å². The third kappa shape index (κ3) is 4.73. The minimum atomic E-state index is -0.00232. The Balaban J connectivity index is 0.000000956. The van der Waals surface area contributed by atoms with E-state index in [4.69, 9.17) is 4.74 Å². The molecule has 0 N–H and O–H groups in total. The van der Waals surface area contributed by atoms with Crippen molar-refractivity contribution in [2.24, 2.45) is 0 Å². The van der Waals surface area contributed by atoms with E-state index < -0.39 is 0 Å². The molecule has 1 aliphatic heterocycles. The second-order valence-electron chi connectivity index (χ2n) is 5.11. The number of nitrogens with zero attached hydrogens (tertiary/aromatic N) is 2. The molecule has 2 rings (SSSR count). The lowest BCUT2D eigenvalue weighted by atomic mass is 9.91. The van der Waals surface area contributed by atoms with Gasteiger partial charge in [0.15, 0.2) is 0 Å². The van der Waals surface area contributed by atoms with E-state index in [1.165, 1.54) is 5.69 Å². The van der Waals surface area contributed by atoms with Crippen molar-refractivity contribution in [3.05, 3.63) is 30.3 Å². The number of likely N-dealkylation sites (N-methyl/N-ethyl adjacent to an activating group) is 1. The fourth-order valence-electron chi connectivity index (χ4n) is 2.56. The molecule has 4 heteroatoms. The van der Waals surface area contributed by atoms with Gasteiger partial charge in [-0.1, -0.05) is 41.4 Å². The molecule has 0 aliphatic carbocycles. The highest BCUT2D eigenvalue weighted by atomic mass is 31.0. The van der Waals surface area contributed by atoms with Crippen molar-refractivity contribution >= 4 is 15.1 Å². The molecule has 1 unspecified atom stereocenters. The molecule has 1 aromatic rings. The molecule has 114 valence electrons. The first-order valence-corrected chi connectivity index (χ1v) is 7.98. The van der Waals surface area contributed by atoms with Gasteiger partial charge in [-0.3, -0.25) is 4.67 Å². The number of methoxy groups -OCH3 is 1. The van der Waals surface area contributed by atoms with Crippen LogP contribution in [0.15, 0.2) is 30.3 Å². The molecular formula is C16H29N2OP. The van der Waals surface area contributed by atoms with Crippen LogP contribution >= 0.6 is 9.39 Å². The Hall–Kier alpha value is -0.630. The maximum Gasteiger partial charge on any atom is 0.0877 e. The van der Waals surface area contributed by atoms with Crippen LogP contribution in [0.4, 0.5) is 5.69 Å². The van der Waals surface area contributed by atoms with Crippen LogP contribution in [0.1, 0.15) is 26.7 Å². The summed E-state index contributed by atoms with van der Waals surface area (Å²) in [7, 11) is 6.77. The normalized spacial score (nSPS) is 18.1. The Morgan fingerprint density at radius 2 is 1.75 bits per heavy atom. The number of ether oxygens (including phenoxy) is 1. The maximum atomic E-state index is 5.84. The zero-order valence-corrected chi connectivity index (χ0v) is 14.5. The number of para-hydroxylation sites is 1. The Bertz CT molecular complexity index is 364. The molecule has 1 heterocycles. The second-order valence-corrected chi connectivity index (χ2v) is 5.85. The van der Waals surface area contributed by atoms with E-state index in [-0.39, 0.29) is 5.60 Å². The lowest BCUT2D eigenvalue weighted by Gasteiger charge is -2.42. The summed E-state index contributed by atoms with van der Waals surface area (Å²) in [4.78, 5) is 2.29. The third-order valence-corrected chi connectivity index (χ3v) is 4.38. The Morgan fingerprint density at radius 1 is 1.20 bits per heavy atom. The van der Waals surface area contributed by atoms with E-state index >= 15 is 0 Å². The molecule has 0 aromatic heterocycles. The van der Waals surface area contributed by atoms with Crippen molar-refractivity contribution in [2.75, 3.05) is 38.7 Å². The average molecular weight is 296 g/mol. The summed E-state index contributed by atoms with van der Waals surface area (Å²) in [6.07, 6.45) is 2.17. The molecule has 1 aliphatic rings. The maximum absolute atomic E-state index is 5.84. The Morgan fingerprint density at radius 3 is 2.25 bits per heavy atom. The molecule has 0 bridgehead atoms. The Labute approximate surface area is 126 Å². The molecular weight excluding hydrogens is 267 g/mol. The molecule has 1 aromatic carbocycles. The van der Waals surface area contributed by atoms with E-state index in [1.807, 2.05) is 21.0 Å². The van der Waals surface area contributed by atoms with Crippen molar-refractivity contribution in [1.29, 1.82) is 0 Å². The van der Waals surface area contributed by atoms with Crippen LogP contribution in [0, 0.1) is 0 Å². The van der Waals surface area contributed by atoms with Gasteiger partial charge in [0.1, 0.15) is 0 Å². The van der Waals surface area contributed by atoms with Crippen LogP contribution in [-0.4, -0.2) is 44.1 Å². The third-order valence-electron chi connectivity index (χ3n) is 3.86. The molecule has 3 nitrogen and oxygen atoms in total. The SMILES string of the molecule is CC.COC1(CN(C)c2ccccc2)CCN(P)CC1. The summed E-state index contributed by atoms with van der Waals surface area (Å²) in [5, 5.41) is 0. The number of benzene rings is 1. The summed E-state index contributed by atoms with van der Waals surface area (Å²) in [6.45, 7) is 7.12. The highest BCUT2D eigenvalue weighted by Crippen LogP contribution is 2.29. The van der Waals surface area contributed by atoms with Crippen LogP contribution in [0.25, 0.3) is 0 Å². The van der Waals surface area contributed by atoms with Gasteiger partial charge >= 0.3 is 0 Å². The molecule has 0 amide bonds. The predicted octanol–water partition coefficient (Wildman–Crippen LogP) is 3.42. The topological polar surface area (TPSA) is 15.7 Å². The molecule has 0 spiro atoms. The van der Waals surface area contributed by atoms with E-state index in [0.29, 0.717) is 0 Å². The zero-order valence-electron chi connectivity index (χ0n) is 13.3. The summed E-state index contributed by atoms with van der Waals surface area (Å²) in [5.41, 5.74) is 1.25. The zero-order chi connectivity index (χ0) is 15.0. The van der Waals surface area contributed by atoms with Gasteiger partial charge in [0, 0.05) is 39.5 Å². The largest absolute Gasteiger partial charge is 0.376 e. The summed E-state index contributed by atoms with van der Waals surface area (Å²) >= 11 is 0. The standard InChI is InChI=1S/C14H23N2OP.C2H6/c1-15(13-6-4-3-5-7-13)12-14(17-2)8-10-16(18)11-9-14;1-2/h3-7H,8-12,18H2,1-2H3;1-2H3. The number of hydrogen-bond donors (Lipinski definition) is 0. The van der Waals surface area contributed by atoms with Crippen LogP contribution in [-0.2, 0) is 4.74 Å². The first kappa shape index (κ1) is 17.4. The smallest absolute Gasteiger partial charge is 0.0877 e. The highest BCUT2D eigenvalue weighted by molar-refractivity contribution is 7.13. The van der Waals surface area contributed by atoms with Crippen LogP contribution in [0.3, 0.4) is 0 Å². The fraction of sp³-hybridized carbons (Fsp3) is 0.625. The molecule has 0 saturated carbocycles. The van der Waals surface area contributed by atoms with E-state index in [9.17, 15) is 0 Å². The predicted molar refractivity (Wildman–Crippen MR) is 91.3 cm³/mol. The summed E-state index contributed by atoms with van der Waals surface area (Å²) in [6, 6.07) is 10.5. The first-order valence-electron chi connectivity index (χ1n) is 7.46. The molecule has 0 radical (unpaired) electrons. The minimum Gasteiger partial charge on any atom is -0.376 e.